The summed E-state index contributed by atoms with van der Waals surface area (Å²) in [6.45, 7) is 2.93. The van der Waals surface area contributed by atoms with Gasteiger partial charge in [-0.3, -0.25) is 14.4 Å². The Balaban J connectivity index is 1.48. The fourth-order valence-electron chi connectivity index (χ4n) is 2.98. The zero-order valence-electron chi connectivity index (χ0n) is 17.8. The monoisotopic (exact) mass is 431 g/mol. The summed E-state index contributed by atoms with van der Waals surface area (Å²) < 4.78 is 5.49. The first-order valence-corrected chi connectivity index (χ1v) is 10.3. The molecule has 164 valence electrons. The second-order valence-electron chi connectivity index (χ2n) is 6.84. The van der Waals surface area contributed by atoms with E-state index in [-0.39, 0.29) is 17.7 Å². The maximum Gasteiger partial charge on any atom is 0.259 e. The molecule has 0 aliphatic heterocycles. The number of hydrogen-bond donors (Lipinski definition) is 3. The van der Waals surface area contributed by atoms with Gasteiger partial charge >= 0.3 is 0 Å². The van der Waals surface area contributed by atoms with Gasteiger partial charge in [-0.2, -0.15) is 0 Å². The average molecular weight is 431 g/mol. The topological polar surface area (TPSA) is 96.5 Å². The van der Waals surface area contributed by atoms with Gasteiger partial charge in [0.1, 0.15) is 5.75 Å². The number of nitrogens with one attached hydrogen (secondary N) is 3. The van der Waals surface area contributed by atoms with Crippen molar-refractivity contribution in [2.75, 3.05) is 25.0 Å². The van der Waals surface area contributed by atoms with E-state index in [0.717, 1.165) is 0 Å². The first-order chi connectivity index (χ1) is 15.6. The molecule has 3 amide bonds. The standard InChI is InChI=1S/C25H25N3O4/c1-2-32-22-11-7-6-10-21(22)25(31)28-20-14-12-19(13-15-20)24(30)27-17-16-26-23(29)18-8-4-3-5-9-18/h3-15H,2,16-17H2,1H3,(H,26,29)(H,27,30)(H,28,31). The highest BCUT2D eigenvalue weighted by atomic mass is 16.5. The molecule has 0 atom stereocenters. The highest BCUT2D eigenvalue weighted by Gasteiger charge is 2.13. The molecule has 0 fully saturated rings. The van der Waals surface area contributed by atoms with Crippen LogP contribution in [-0.4, -0.2) is 37.4 Å². The molecule has 0 heterocycles. The number of hydrogen-bond acceptors (Lipinski definition) is 4. The Labute approximate surface area is 186 Å². The third kappa shape index (κ3) is 6.18. The molecule has 0 saturated carbocycles. The zero-order valence-corrected chi connectivity index (χ0v) is 17.8. The number of benzene rings is 3. The third-order valence-electron chi connectivity index (χ3n) is 4.57. The molecule has 0 saturated heterocycles. The maximum absolute atomic E-state index is 12.6. The van der Waals surface area contributed by atoms with Crippen molar-refractivity contribution in [1.29, 1.82) is 0 Å². The van der Waals surface area contributed by atoms with Gasteiger partial charge in [-0.1, -0.05) is 30.3 Å². The molecule has 3 rings (SSSR count). The number of carbonyl (C=O) groups excluding carboxylic acids is 3. The van der Waals surface area contributed by atoms with Gasteiger partial charge < -0.3 is 20.7 Å². The molecule has 0 aliphatic carbocycles. The van der Waals surface area contributed by atoms with Gasteiger partial charge in [-0.25, -0.2) is 0 Å². The van der Waals surface area contributed by atoms with Crippen LogP contribution in [0.4, 0.5) is 5.69 Å². The van der Waals surface area contributed by atoms with Crippen LogP contribution in [0.1, 0.15) is 38.0 Å². The van der Waals surface area contributed by atoms with Crippen molar-refractivity contribution >= 4 is 23.4 Å². The third-order valence-corrected chi connectivity index (χ3v) is 4.57. The number of rotatable bonds is 9. The van der Waals surface area contributed by atoms with Crippen molar-refractivity contribution in [3.8, 4) is 5.75 Å². The largest absolute Gasteiger partial charge is 0.493 e. The van der Waals surface area contributed by atoms with Crippen molar-refractivity contribution < 1.29 is 19.1 Å². The zero-order chi connectivity index (χ0) is 22.8. The van der Waals surface area contributed by atoms with E-state index >= 15 is 0 Å². The molecular weight excluding hydrogens is 406 g/mol. The van der Waals surface area contributed by atoms with E-state index in [1.807, 2.05) is 19.1 Å². The Morgan fingerprint density at radius 3 is 1.88 bits per heavy atom. The molecule has 0 aliphatic rings. The predicted molar refractivity (Wildman–Crippen MR) is 123 cm³/mol. The fraction of sp³-hybridized carbons (Fsp3) is 0.160. The minimum Gasteiger partial charge on any atom is -0.493 e. The summed E-state index contributed by atoms with van der Waals surface area (Å²) >= 11 is 0. The highest BCUT2D eigenvalue weighted by Crippen LogP contribution is 2.20. The van der Waals surface area contributed by atoms with E-state index in [1.54, 1.807) is 66.7 Å². The van der Waals surface area contributed by atoms with E-state index in [2.05, 4.69) is 16.0 Å². The van der Waals surface area contributed by atoms with Crippen LogP contribution in [-0.2, 0) is 0 Å². The van der Waals surface area contributed by atoms with E-state index in [1.165, 1.54) is 0 Å². The summed E-state index contributed by atoms with van der Waals surface area (Å²) in [4.78, 5) is 36.8. The molecule has 7 heteroatoms. The number of amides is 3. The summed E-state index contributed by atoms with van der Waals surface area (Å²) in [5.74, 6) is -0.229. The van der Waals surface area contributed by atoms with Gasteiger partial charge in [-0.05, 0) is 55.5 Å². The Hall–Kier alpha value is -4.13. The van der Waals surface area contributed by atoms with Crippen LogP contribution >= 0.6 is 0 Å². The highest BCUT2D eigenvalue weighted by molar-refractivity contribution is 6.06. The fourth-order valence-corrected chi connectivity index (χ4v) is 2.98. The summed E-state index contributed by atoms with van der Waals surface area (Å²) in [5, 5.41) is 8.32. The Kier molecular flexibility index (Phi) is 7.97. The molecule has 0 aromatic heterocycles. The van der Waals surface area contributed by atoms with Crippen molar-refractivity contribution in [1.82, 2.24) is 10.6 Å². The Morgan fingerprint density at radius 1 is 0.688 bits per heavy atom. The van der Waals surface area contributed by atoms with Gasteiger partial charge in [0.25, 0.3) is 17.7 Å². The van der Waals surface area contributed by atoms with Crippen LogP contribution in [0.3, 0.4) is 0 Å². The van der Waals surface area contributed by atoms with E-state index in [4.69, 9.17) is 4.74 Å². The molecule has 3 aromatic rings. The molecule has 0 unspecified atom stereocenters. The average Bonchev–Trinajstić information content (AvgIpc) is 2.83. The minimum atomic E-state index is -0.291. The van der Waals surface area contributed by atoms with Gasteiger partial charge in [0.15, 0.2) is 0 Å². The molecule has 0 bridgehead atoms. The summed E-state index contributed by atoms with van der Waals surface area (Å²) in [7, 11) is 0. The van der Waals surface area contributed by atoms with E-state index in [0.29, 0.717) is 47.8 Å². The second-order valence-corrected chi connectivity index (χ2v) is 6.84. The first kappa shape index (κ1) is 22.6. The SMILES string of the molecule is CCOc1ccccc1C(=O)Nc1ccc(C(=O)NCCNC(=O)c2ccccc2)cc1. The van der Waals surface area contributed by atoms with Gasteiger partial charge in [0, 0.05) is 29.9 Å². The smallest absolute Gasteiger partial charge is 0.259 e. The van der Waals surface area contributed by atoms with E-state index in [9.17, 15) is 14.4 Å². The van der Waals surface area contributed by atoms with Gasteiger partial charge in [0.2, 0.25) is 0 Å². The molecule has 32 heavy (non-hydrogen) atoms. The van der Waals surface area contributed by atoms with Crippen LogP contribution in [0.5, 0.6) is 5.75 Å². The van der Waals surface area contributed by atoms with Gasteiger partial charge in [-0.15, -0.1) is 0 Å². The lowest BCUT2D eigenvalue weighted by Gasteiger charge is -2.11. The normalized spacial score (nSPS) is 10.2. The first-order valence-electron chi connectivity index (χ1n) is 10.3. The Bertz CT molecular complexity index is 1070. The van der Waals surface area contributed by atoms with Crippen LogP contribution in [0.15, 0.2) is 78.9 Å². The van der Waals surface area contributed by atoms with Crippen molar-refractivity contribution in [3.63, 3.8) is 0 Å². The quantitative estimate of drug-likeness (QED) is 0.452. The van der Waals surface area contributed by atoms with Gasteiger partial charge in [0.05, 0.1) is 12.2 Å². The lowest BCUT2D eigenvalue weighted by Crippen LogP contribution is -2.34. The van der Waals surface area contributed by atoms with Crippen molar-refractivity contribution in [2.45, 2.75) is 6.92 Å². The van der Waals surface area contributed by atoms with Crippen LogP contribution in [0, 0.1) is 0 Å². The molecular formula is C25H25N3O4. The number of carbonyl (C=O) groups is 3. The minimum absolute atomic E-state index is 0.189. The number of anilines is 1. The van der Waals surface area contributed by atoms with Crippen LogP contribution in [0.2, 0.25) is 0 Å². The van der Waals surface area contributed by atoms with Crippen LogP contribution in [0.25, 0.3) is 0 Å². The molecule has 3 N–H and O–H groups in total. The summed E-state index contributed by atoms with van der Waals surface area (Å²) in [6, 6.07) is 22.5. The number of ether oxygens (including phenoxy) is 1. The maximum atomic E-state index is 12.6. The second kappa shape index (κ2) is 11.3. The van der Waals surface area contributed by atoms with Crippen LogP contribution < -0.4 is 20.7 Å². The number of para-hydroxylation sites is 1. The molecule has 0 spiro atoms. The summed E-state index contributed by atoms with van der Waals surface area (Å²) in [6.07, 6.45) is 0. The molecule has 0 radical (unpaired) electrons. The Morgan fingerprint density at radius 2 is 1.25 bits per heavy atom. The van der Waals surface area contributed by atoms with Crippen molar-refractivity contribution in [2.24, 2.45) is 0 Å². The molecule has 7 nitrogen and oxygen atoms in total. The predicted octanol–water partition coefficient (Wildman–Crippen LogP) is 3.50. The molecule has 3 aromatic carbocycles. The van der Waals surface area contributed by atoms with E-state index < -0.39 is 0 Å². The lowest BCUT2D eigenvalue weighted by atomic mass is 10.1. The van der Waals surface area contributed by atoms with Crippen molar-refractivity contribution in [3.05, 3.63) is 95.6 Å². The lowest BCUT2D eigenvalue weighted by molar-refractivity contribution is 0.0927. The summed E-state index contributed by atoms with van der Waals surface area (Å²) in [5.41, 5.74) is 2.02.